The maximum absolute atomic E-state index is 11.3. The van der Waals surface area contributed by atoms with Gasteiger partial charge in [-0.3, -0.25) is 4.79 Å². The molecular formula is C12H12BrN3O2. The molecule has 94 valence electrons. The lowest BCUT2D eigenvalue weighted by atomic mass is 9.93. The quantitative estimate of drug-likeness (QED) is 0.942. The van der Waals surface area contributed by atoms with Crippen LogP contribution in [-0.2, 0) is 10.2 Å². The molecule has 18 heavy (non-hydrogen) atoms. The highest BCUT2D eigenvalue weighted by Gasteiger charge is 2.33. The van der Waals surface area contributed by atoms with Crippen molar-refractivity contribution in [2.24, 2.45) is 5.73 Å². The van der Waals surface area contributed by atoms with Crippen LogP contribution in [0.2, 0.25) is 0 Å². The summed E-state index contributed by atoms with van der Waals surface area (Å²) in [4.78, 5) is 11.3. The van der Waals surface area contributed by atoms with Gasteiger partial charge in [-0.1, -0.05) is 15.9 Å². The maximum Gasteiger partial charge on any atom is 0.247 e. The van der Waals surface area contributed by atoms with Crippen molar-refractivity contribution < 1.29 is 9.21 Å². The largest absolute Gasteiger partial charge is 0.420 e. The molecule has 0 aliphatic carbocycles. The predicted octanol–water partition coefficient (Wildman–Crippen LogP) is 2.26. The van der Waals surface area contributed by atoms with Gasteiger partial charge in [-0.05, 0) is 38.1 Å². The molecule has 0 radical (unpaired) electrons. The van der Waals surface area contributed by atoms with Crippen LogP contribution < -0.4 is 5.73 Å². The Hall–Kier alpha value is -1.69. The number of benzene rings is 1. The van der Waals surface area contributed by atoms with Gasteiger partial charge in [0.1, 0.15) is 5.41 Å². The number of carbonyl (C=O) groups is 1. The van der Waals surface area contributed by atoms with E-state index in [9.17, 15) is 4.79 Å². The van der Waals surface area contributed by atoms with Crippen LogP contribution in [0, 0.1) is 0 Å². The van der Waals surface area contributed by atoms with Gasteiger partial charge >= 0.3 is 0 Å². The van der Waals surface area contributed by atoms with Crippen LogP contribution in [0.15, 0.2) is 33.2 Å². The molecule has 6 heteroatoms. The fourth-order valence-corrected chi connectivity index (χ4v) is 1.55. The molecule has 0 spiro atoms. The van der Waals surface area contributed by atoms with E-state index in [1.165, 1.54) is 0 Å². The molecule has 0 atom stereocenters. The lowest BCUT2D eigenvalue weighted by molar-refractivity contribution is -0.123. The van der Waals surface area contributed by atoms with Crippen LogP contribution in [0.3, 0.4) is 0 Å². The molecule has 2 aromatic rings. The van der Waals surface area contributed by atoms with Crippen molar-refractivity contribution in [3.63, 3.8) is 0 Å². The third-order valence-electron chi connectivity index (χ3n) is 2.67. The van der Waals surface area contributed by atoms with Crippen LogP contribution in [-0.4, -0.2) is 16.1 Å². The number of rotatable bonds is 3. The van der Waals surface area contributed by atoms with Gasteiger partial charge in [-0.15, -0.1) is 10.2 Å². The number of halogens is 1. The molecule has 0 aliphatic rings. The Kier molecular flexibility index (Phi) is 3.21. The van der Waals surface area contributed by atoms with E-state index < -0.39 is 11.3 Å². The zero-order valence-corrected chi connectivity index (χ0v) is 11.6. The van der Waals surface area contributed by atoms with Crippen molar-refractivity contribution in [3.05, 3.63) is 34.6 Å². The average molecular weight is 310 g/mol. The van der Waals surface area contributed by atoms with E-state index in [0.29, 0.717) is 5.89 Å². The summed E-state index contributed by atoms with van der Waals surface area (Å²) >= 11 is 3.35. The number of amides is 1. The van der Waals surface area contributed by atoms with Gasteiger partial charge in [-0.25, -0.2) is 0 Å². The summed E-state index contributed by atoms with van der Waals surface area (Å²) in [5.74, 6) is 0.0771. The summed E-state index contributed by atoms with van der Waals surface area (Å²) in [6, 6.07) is 7.44. The number of nitrogens with two attached hydrogens (primary N) is 1. The van der Waals surface area contributed by atoms with E-state index in [2.05, 4.69) is 26.1 Å². The normalized spacial score (nSPS) is 11.5. The lowest BCUT2D eigenvalue weighted by Crippen LogP contribution is -2.35. The summed E-state index contributed by atoms with van der Waals surface area (Å²) < 4.78 is 6.46. The van der Waals surface area contributed by atoms with E-state index in [0.717, 1.165) is 10.0 Å². The second-order valence-electron chi connectivity index (χ2n) is 4.41. The highest BCUT2D eigenvalue weighted by Crippen LogP contribution is 2.26. The van der Waals surface area contributed by atoms with Crippen LogP contribution in [0.4, 0.5) is 0 Å². The molecule has 0 aliphatic heterocycles. The number of nitrogens with zero attached hydrogens (tertiary/aromatic N) is 2. The zero-order chi connectivity index (χ0) is 13.3. The Bertz CT molecular complexity index is 575. The molecule has 0 saturated carbocycles. The van der Waals surface area contributed by atoms with Crippen molar-refractivity contribution >= 4 is 21.8 Å². The number of aromatic nitrogens is 2. The number of hydrogen-bond donors (Lipinski definition) is 1. The summed E-state index contributed by atoms with van der Waals surface area (Å²) in [7, 11) is 0. The number of carbonyl (C=O) groups excluding carboxylic acids is 1. The average Bonchev–Trinajstić information content (AvgIpc) is 2.79. The second-order valence-corrected chi connectivity index (χ2v) is 5.32. The Labute approximate surface area is 113 Å². The standard InChI is InChI=1S/C12H12BrN3O2/c1-12(2,10(14)17)11-16-15-9(18-11)7-3-5-8(13)6-4-7/h3-6H,1-2H3,(H2,14,17). The Morgan fingerprint density at radius 2 is 1.89 bits per heavy atom. The van der Waals surface area contributed by atoms with E-state index >= 15 is 0 Å². The molecule has 0 saturated heterocycles. The minimum atomic E-state index is -0.972. The molecule has 1 heterocycles. The Morgan fingerprint density at radius 3 is 2.44 bits per heavy atom. The summed E-state index contributed by atoms with van der Waals surface area (Å²) in [5.41, 5.74) is 5.11. The monoisotopic (exact) mass is 309 g/mol. The second kappa shape index (κ2) is 4.53. The van der Waals surface area contributed by atoms with Gasteiger partial charge in [0.2, 0.25) is 17.7 Å². The van der Waals surface area contributed by atoms with Crippen molar-refractivity contribution in [1.29, 1.82) is 0 Å². The first-order valence-corrected chi connectivity index (χ1v) is 6.10. The molecular weight excluding hydrogens is 298 g/mol. The molecule has 0 unspecified atom stereocenters. The zero-order valence-electron chi connectivity index (χ0n) is 9.98. The number of hydrogen-bond acceptors (Lipinski definition) is 4. The molecule has 2 N–H and O–H groups in total. The summed E-state index contributed by atoms with van der Waals surface area (Å²) in [6.07, 6.45) is 0. The summed E-state index contributed by atoms with van der Waals surface area (Å²) in [6.45, 7) is 3.29. The van der Waals surface area contributed by atoms with Crippen LogP contribution in [0.5, 0.6) is 0 Å². The smallest absolute Gasteiger partial charge is 0.247 e. The highest BCUT2D eigenvalue weighted by atomic mass is 79.9. The maximum atomic E-state index is 11.3. The first kappa shape index (κ1) is 12.8. The van der Waals surface area contributed by atoms with Gasteiger partial charge in [0.25, 0.3) is 0 Å². The van der Waals surface area contributed by atoms with E-state index in [-0.39, 0.29) is 5.89 Å². The van der Waals surface area contributed by atoms with E-state index in [4.69, 9.17) is 10.2 Å². The number of primary amides is 1. The first-order valence-electron chi connectivity index (χ1n) is 5.31. The van der Waals surface area contributed by atoms with Crippen LogP contribution >= 0.6 is 15.9 Å². The molecule has 1 aromatic heterocycles. The SMILES string of the molecule is CC(C)(C(N)=O)c1nnc(-c2ccc(Br)cc2)o1. The Balaban J connectivity index is 2.37. The van der Waals surface area contributed by atoms with Gasteiger partial charge in [-0.2, -0.15) is 0 Å². The van der Waals surface area contributed by atoms with Crippen molar-refractivity contribution in [1.82, 2.24) is 10.2 Å². The van der Waals surface area contributed by atoms with E-state index in [1.807, 2.05) is 24.3 Å². The fraction of sp³-hybridized carbons (Fsp3) is 0.250. The van der Waals surface area contributed by atoms with E-state index in [1.54, 1.807) is 13.8 Å². The van der Waals surface area contributed by atoms with Crippen LogP contribution in [0.1, 0.15) is 19.7 Å². The van der Waals surface area contributed by atoms with Crippen molar-refractivity contribution in [3.8, 4) is 11.5 Å². The molecule has 2 rings (SSSR count). The fourth-order valence-electron chi connectivity index (χ4n) is 1.29. The predicted molar refractivity (Wildman–Crippen MR) is 69.7 cm³/mol. The summed E-state index contributed by atoms with van der Waals surface area (Å²) in [5, 5.41) is 7.80. The van der Waals surface area contributed by atoms with Crippen LogP contribution in [0.25, 0.3) is 11.5 Å². The van der Waals surface area contributed by atoms with Gasteiger partial charge < -0.3 is 10.2 Å². The van der Waals surface area contributed by atoms with Gasteiger partial charge in [0.05, 0.1) is 0 Å². The minimum Gasteiger partial charge on any atom is -0.420 e. The van der Waals surface area contributed by atoms with Crippen molar-refractivity contribution in [2.45, 2.75) is 19.3 Å². The van der Waals surface area contributed by atoms with Gasteiger partial charge in [0.15, 0.2) is 0 Å². The lowest BCUT2D eigenvalue weighted by Gasteiger charge is -2.14. The first-order chi connectivity index (χ1) is 8.41. The molecule has 5 nitrogen and oxygen atoms in total. The van der Waals surface area contributed by atoms with Crippen molar-refractivity contribution in [2.75, 3.05) is 0 Å². The molecule has 0 fully saturated rings. The highest BCUT2D eigenvalue weighted by molar-refractivity contribution is 9.10. The topological polar surface area (TPSA) is 82.0 Å². The molecule has 1 aromatic carbocycles. The molecule has 1 amide bonds. The molecule has 0 bridgehead atoms. The minimum absolute atomic E-state index is 0.216. The van der Waals surface area contributed by atoms with Gasteiger partial charge in [0, 0.05) is 10.0 Å². The Morgan fingerprint density at radius 1 is 1.28 bits per heavy atom. The third kappa shape index (κ3) is 2.28. The third-order valence-corrected chi connectivity index (χ3v) is 3.20.